The number of imidazole rings is 1. The van der Waals surface area contributed by atoms with E-state index in [4.69, 9.17) is 9.26 Å². The molecule has 0 saturated heterocycles. The molecule has 0 radical (unpaired) electrons. The highest BCUT2D eigenvalue weighted by Gasteiger charge is 2.18. The van der Waals surface area contributed by atoms with Crippen molar-refractivity contribution in [3.8, 4) is 5.75 Å². The zero-order chi connectivity index (χ0) is 15.7. The second-order valence-corrected chi connectivity index (χ2v) is 6.66. The maximum atomic E-state index is 5.33. The highest BCUT2D eigenvalue weighted by atomic mass is 32.2. The van der Waals surface area contributed by atoms with Crippen LogP contribution in [-0.4, -0.2) is 27.2 Å². The number of aromatic nitrogens is 4. The van der Waals surface area contributed by atoms with Gasteiger partial charge >= 0.3 is 0 Å². The van der Waals surface area contributed by atoms with Crippen LogP contribution >= 0.6 is 11.8 Å². The van der Waals surface area contributed by atoms with Gasteiger partial charge in [0.15, 0.2) is 11.0 Å². The maximum Gasteiger partial charge on any atom is 0.239 e. The summed E-state index contributed by atoms with van der Waals surface area (Å²) in [5, 5.41) is 4.85. The molecule has 0 bridgehead atoms. The Morgan fingerprint density at radius 2 is 2.05 bits per heavy atom. The Morgan fingerprint density at radius 3 is 2.73 bits per heavy atom. The van der Waals surface area contributed by atoms with Crippen LogP contribution < -0.4 is 4.74 Å². The highest BCUT2D eigenvalue weighted by molar-refractivity contribution is 7.99. The van der Waals surface area contributed by atoms with Crippen molar-refractivity contribution in [2.75, 3.05) is 7.11 Å². The number of rotatable bonds is 5. The Balaban J connectivity index is 1.79. The second kappa shape index (κ2) is 6.00. The van der Waals surface area contributed by atoms with Crippen LogP contribution in [0.1, 0.15) is 43.7 Å². The summed E-state index contributed by atoms with van der Waals surface area (Å²) < 4.78 is 10.5. The molecule has 6 nitrogen and oxygen atoms in total. The minimum Gasteiger partial charge on any atom is -0.497 e. The quantitative estimate of drug-likeness (QED) is 0.718. The van der Waals surface area contributed by atoms with Gasteiger partial charge in [0.05, 0.1) is 23.4 Å². The van der Waals surface area contributed by atoms with E-state index in [9.17, 15) is 0 Å². The molecule has 1 aromatic carbocycles. The molecule has 0 aliphatic rings. The van der Waals surface area contributed by atoms with Crippen LogP contribution in [-0.2, 0) is 0 Å². The Hall–Kier alpha value is -2.02. The molecule has 0 aliphatic heterocycles. The molecular formula is C15H18N4O2S. The van der Waals surface area contributed by atoms with Gasteiger partial charge in [0, 0.05) is 12.0 Å². The van der Waals surface area contributed by atoms with Crippen molar-refractivity contribution in [3.63, 3.8) is 0 Å². The summed E-state index contributed by atoms with van der Waals surface area (Å²) in [6, 6.07) is 5.76. The van der Waals surface area contributed by atoms with Crippen molar-refractivity contribution in [1.29, 1.82) is 0 Å². The predicted octanol–water partition coefficient (Wildman–Crippen LogP) is 3.93. The van der Waals surface area contributed by atoms with Crippen LogP contribution in [0.5, 0.6) is 5.75 Å². The summed E-state index contributed by atoms with van der Waals surface area (Å²) in [7, 11) is 1.65. The first-order valence-corrected chi connectivity index (χ1v) is 7.98. The standard InChI is InChI=1S/C15H18N4O2S/c1-8(2)13-18-14(21-19-13)9(3)22-15-16-11-6-5-10(20-4)7-12(11)17-15/h5-9H,1-4H3,(H,16,17). The molecule has 0 aliphatic carbocycles. The lowest BCUT2D eigenvalue weighted by atomic mass is 10.2. The molecule has 0 fully saturated rings. The van der Waals surface area contributed by atoms with E-state index in [0.29, 0.717) is 5.89 Å². The van der Waals surface area contributed by atoms with Crippen LogP contribution in [0.3, 0.4) is 0 Å². The topological polar surface area (TPSA) is 76.8 Å². The summed E-state index contributed by atoms with van der Waals surface area (Å²) in [4.78, 5) is 12.3. The Morgan fingerprint density at radius 1 is 1.23 bits per heavy atom. The number of benzene rings is 1. The Bertz CT molecular complexity index is 781. The number of thioether (sulfide) groups is 1. The van der Waals surface area contributed by atoms with Gasteiger partial charge in [-0.3, -0.25) is 0 Å². The first-order valence-electron chi connectivity index (χ1n) is 7.10. The minimum atomic E-state index is 0.0301. The van der Waals surface area contributed by atoms with E-state index in [1.54, 1.807) is 18.9 Å². The largest absolute Gasteiger partial charge is 0.497 e. The third kappa shape index (κ3) is 2.94. The third-order valence-corrected chi connectivity index (χ3v) is 4.25. The van der Waals surface area contributed by atoms with E-state index >= 15 is 0 Å². The number of nitrogens with zero attached hydrogens (tertiary/aromatic N) is 3. The van der Waals surface area contributed by atoms with Crippen LogP contribution in [0.25, 0.3) is 11.0 Å². The Labute approximate surface area is 132 Å². The van der Waals surface area contributed by atoms with Crippen molar-refractivity contribution in [3.05, 3.63) is 29.9 Å². The number of fused-ring (bicyclic) bond motifs is 1. The molecule has 3 rings (SSSR count). The molecule has 1 N–H and O–H groups in total. The summed E-state index contributed by atoms with van der Waals surface area (Å²) in [5.41, 5.74) is 1.85. The second-order valence-electron chi connectivity index (χ2n) is 5.33. The monoisotopic (exact) mass is 318 g/mol. The van der Waals surface area contributed by atoms with Crippen LogP contribution in [0.15, 0.2) is 27.9 Å². The minimum absolute atomic E-state index is 0.0301. The van der Waals surface area contributed by atoms with E-state index in [1.807, 2.05) is 39.0 Å². The molecule has 0 amide bonds. The number of hydrogen-bond acceptors (Lipinski definition) is 6. The number of aromatic amines is 1. The number of nitrogens with one attached hydrogen (secondary N) is 1. The highest BCUT2D eigenvalue weighted by Crippen LogP contribution is 2.34. The van der Waals surface area contributed by atoms with E-state index in [2.05, 4.69) is 20.1 Å². The zero-order valence-corrected chi connectivity index (χ0v) is 13.8. The molecule has 1 atom stereocenters. The fourth-order valence-electron chi connectivity index (χ4n) is 2.01. The molecule has 2 heterocycles. The van der Waals surface area contributed by atoms with E-state index in [0.717, 1.165) is 27.8 Å². The SMILES string of the molecule is COc1ccc2nc(SC(C)c3nc(C(C)C)no3)[nH]c2c1. The maximum absolute atomic E-state index is 5.33. The summed E-state index contributed by atoms with van der Waals surface area (Å²) >= 11 is 1.56. The molecule has 1 unspecified atom stereocenters. The first kappa shape index (κ1) is 14.9. The molecule has 116 valence electrons. The van der Waals surface area contributed by atoms with Crippen molar-refractivity contribution in [2.24, 2.45) is 0 Å². The van der Waals surface area contributed by atoms with Gasteiger partial charge in [-0.05, 0) is 19.1 Å². The molecule has 0 saturated carbocycles. The van der Waals surface area contributed by atoms with Crippen molar-refractivity contribution < 1.29 is 9.26 Å². The first-order chi connectivity index (χ1) is 10.6. The van der Waals surface area contributed by atoms with Gasteiger partial charge in [-0.15, -0.1) is 0 Å². The lowest BCUT2D eigenvalue weighted by molar-refractivity contribution is 0.373. The number of H-pyrrole nitrogens is 1. The molecule has 7 heteroatoms. The average Bonchev–Trinajstić information content (AvgIpc) is 3.12. The van der Waals surface area contributed by atoms with Crippen LogP contribution in [0, 0.1) is 0 Å². The Kier molecular flexibility index (Phi) is 4.06. The van der Waals surface area contributed by atoms with Crippen LogP contribution in [0.2, 0.25) is 0 Å². The van der Waals surface area contributed by atoms with E-state index in [1.165, 1.54) is 0 Å². The fraction of sp³-hybridized carbons (Fsp3) is 0.400. The van der Waals surface area contributed by atoms with Crippen molar-refractivity contribution in [2.45, 2.75) is 37.1 Å². The van der Waals surface area contributed by atoms with Gasteiger partial charge in [0.25, 0.3) is 0 Å². The van der Waals surface area contributed by atoms with Crippen LogP contribution in [0.4, 0.5) is 0 Å². The third-order valence-electron chi connectivity index (χ3n) is 3.28. The van der Waals surface area contributed by atoms with Crippen molar-refractivity contribution >= 4 is 22.8 Å². The van der Waals surface area contributed by atoms with Gasteiger partial charge in [-0.2, -0.15) is 4.98 Å². The van der Waals surface area contributed by atoms with Crippen molar-refractivity contribution in [1.82, 2.24) is 20.1 Å². The van der Waals surface area contributed by atoms with Gasteiger partial charge in [0.1, 0.15) is 5.75 Å². The summed E-state index contributed by atoms with van der Waals surface area (Å²) in [6.07, 6.45) is 0. The summed E-state index contributed by atoms with van der Waals surface area (Å²) in [5.74, 6) is 2.41. The molecule has 3 aromatic rings. The van der Waals surface area contributed by atoms with Gasteiger partial charge in [0.2, 0.25) is 5.89 Å². The fourth-order valence-corrected chi connectivity index (χ4v) is 2.86. The lowest BCUT2D eigenvalue weighted by Gasteiger charge is -2.02. The zero-order valence-electron chi connectivity index (χ0n) is 13.0. The molecular weight excluding hydrogens is 300 g/mol. The molecule has 2 aromatic heterocycles. The lowest BCUT2D eigenvalue weighted by Crippen LogP contribution is -1.93. The predicted molar refractivity (Wildman–Crippen MR) is 85.3 cm³/mol. The number of hydrogen-bond donors (Lipinski definition) is 1. The van der Waals surface area contributed by atoms with Gasteiger partial charge < -0.3 is 14.2 Å². The molecule has 0 spiro atoms. The molecule has 22 heavy (non-hydrogen) atoms. The van der Waals surface area contributed by atoms with E-state index < -0.39 is 0 Å². The number of methoxy groups -OCH3 is 1. The summed E-state index contributed by atoms with van der Waals surface area (Å²) in [6.45, 7) is 6.11. The smallest absolute Gasteiger partial charge is 0.239 e. The van der Waals surface area contributed by atoms with Gasteiger partial charge in [-0.25, -0.2) is 4.98 Å². The average molecular weight is 318 g/mol. The number of ether oxygens (including phenoxy) is 1. The normalized spacial score (nSPS) is 13.0. The van der Waals surface area contributed by atoms with Gasteiger partial charge in [-0.1, -0.05) is 30.8 Å². The van der Waals surface area contributed by atoms with E-state index in [-0.39, 0.29) is 11.2 Å².